The third kappa shape index (κ3) is 3.19. The molecule has 1 aliphatic heterocycles. The Balaban J connectivity index is 1.47. The van der Waals surface area contributed by atoms with Gasteiger partial charge in [0.15, 0.2) is 0 Å². The molecule has 2 unspecified atom stereocenters. The van der Waals surface area contributed by atoms with Crippen molar-refractivity contribution in [2.45, 2.75) is 56.7 Å². The summed E-state index contributed by atoms with van der Waals surface area (Å²) in [5, 5.41) is 4.72. The molecule has 20 heavy (non-hydrogen) atoms. The van der Waals surface area contributed by atoms with Gasteiger partial charge in [-0.25, -0.2) is 0 Å². The highest BCUT2D eigenvalue weighted by atomic mass is 35.5. The Morgan fingerprint density at radius 1 is 1.20 bits per heavy atom. The molecule has 1 N–H and O–H groups in total. The average Bonchev–Trinajstić information content (AvgIpc) is 2.37. The zero-order valence-corrected chi connectivity index (χ0v) is 13.2. The largest absolute Gasteiger partial charge is 0.311 e. The number of benzene rings is 1. The van der Waals surface area contributed by atoms with Crippen molar-refractivity contribution < 1.29 is 0 Å². The van der Waals surface area contributed by atoms with Crippen LogP contribution in [0.25, 0.3) is 0 Å². The van der Waals surface area contributed by atoms with E-state index in [1.165, 1.54) is 37.8 Å². The van der Waals surface area contributed by atoms with Crippen molar-refractivity contribution in [1.29, 1.82) is 0 Å². The van der Waals surface area contributed by atoms with Gasteiger partial charge in [0, 0.05) is 23.1 Å². The summed E-state index contributed by atoms with van der Waals surface area (Å²) < 4.78 is 0. The summed E-state index contributed by atoms with van der Waals surface area (Å²) in [6.07, 6.45) is 5.11. The van der Waals surface area contributed by atoms with Gasteiger partial charge in [0.1, 0.15) is 0 Å². The van der Waals surface area contributed by atoms with E-state index in [0.717, 1.165) is 5.02 Å². The van der Waals surface area contributed by atoms with Crippen LogP contribution in [0.15, 0.2) is 24.3 Å². The summed E-state index contributed by atoms with van der Waals surface area (Å²) in [7, 11) is 2.24. The number of likely N-dealkylation sites (tertiary alicyclic amines) is 1. The van der Waals surface area contributed by atoms with Crippen molar-refractivity contribution in [1.82, 2.24) is 10.2 Å². The second-order valence-electron chi connectivity index (χ2n) is 6.64. The maximum Gasteiger partial charge on any atom is 0.0408 e. The molecule has 3 rings (SSSR count). The van der Waals surface area contributed by atoms with Gasteiger partial charge in [-0.05, 0) is 69.8 Å². The first-order valence-electron chi connectivity index (χ1n) is 7.83. The van der Waals surface area contributed by atoms with Gasteiger partial charge in [0.05, 0.1) is 0 Å². The lowest BCUT2D eigenvalue weighted by atomic mass is 9.75. The second kappa shape index (κ2) is 6.05. The van der Waals surface area contributed by atoms with Crippen LogP contribution in [0.3, 0.4) is 0 Å². The Kier molecular flexibility index (Phi) is 4.34. The second-order valence-corrected chi connectivity index (χ2v) is 7.07. The molecule has 2 atom stereocenters. The normalized spacial score (nSPS) is 34.8. The molecule has 0 aromatic heterocycles. The van der Waals surface area contributed by atoms with Crippen LogP contribution in [0.1, 0.15) is 44.1 Å². The van der Waals surface area contributed by atoms with Crippen molar-refractivity contribution >= 4 is 11.6 Å². The molecule has 0 amide bonds. The molecule has 1 saturated heterocycles. The van der Waals surface area contributed by atoms with Gasteiger partial charge < -0.3 is 10.2 Å². The SMILES string of the molecule is CC1CC(NC2CC(c3cccc(Cl)c3)C2)CCN1C. The standard InChI is InChI=1S/C17H25ClN2/c1-12-8-16(6-7-20(12)2)19-17-10-14(11-17)13-4-3-5-15(18)9-13/h3-5,9,12,14,16-17,19H,6-8,10-11H2,1-2H3. The summed E-state index contributed by atoms with van der Waals surface area (Å²) >= 11 is 6.07. The molecule has 2 fully saturated rings. The minimum atomic E-state index is 0.704. The van der Waals surface area contributed by atoms with Crippen molar-refractivity contribution in [3.05, 3.63) is 34.9 Å². The fourth-order valence-electron chi connectivity index (χ4n) is 3.56. The third-order valence-electron chi connectivity index (χ3n) is 5.14. The highest BCUT2D eigenvalue weighted by Gasteiger charge is 2.33. The molecular weight excluding hydrogens is 268 g/mol. The number of nitrogens with one attached hydrogen (secondary N) is 1. The molecule has 2 aliphatic rings. The third-order valence-corrected chi connectivity index (χ3v) is 5.37. The van der Waals surface area contributed by atoms with Crippen molar-refractivity contribution in [3.8, 4) is 0 Å². The first-order chi connectivity index (χ1) is 9.61. The fraction of sp³-hybridized carbons (Fsp3) is 0.647. The van der Waals surface area contributed by atoms with E-state index in [9.17, 15) is 0 Å². The van der Waals surface area contributed by atoms with Crippen LogP contribution in [0.5, 0.6) is 0 Å². The number of nitrogens with zero attached hydrogens (tertiary/aromatic N) is 1. The first-order valence-corrected chi connectivity index (χ1v) is 8.21. The van der Waals surface area contributed by atoms with Gasteiger partial charge in [-0.1, -0.05) is 23.7 Å². The number of halogens is 1. The van der Waals surface area contributed by atoms with Gasteiger partial charge in [0.2, 0.25) is 0 Å². The molecular formula is C17H25ClN2. The predicted octanol–water partition coefficient (Wildman–Crippen LogP) is 3.66. The van der Waals surface area contributed by atoms with Gasteiger partial charge in [0.25, 0.3) is 0 Å². The Labute approximate surface area is 127 Å². The Hall–Kier alpha value is -0.570. The van der Waals surface area contributed by atoms with Crippen LogP contribution in [-0.2, 0) is 0 Å². The van der Waals surface area contributed by atoms with Crippen molar-refractivity contribution in [3.63, 3.8) is 0 Å². The zero-order valence-electron chi connectivity index (χ0n) is 12.5. The van der Waals surface area contributed by atoms with Gasteiger partial charge in [-0.3, -0.25) is 0 Å². The number of hydrogen-bond donors (Lipinski definition) is 1. The van der Waals surface area contributed by atoms with Crippen LogP contribution in [0, 0.1) is 0 Å². The lowest BCUT2D eigenvalue weighted by molar-refractivity contribution is 0.147. The van der Waals surface area contributed by atoms with E-state index in [4.69, 9.17) is 11.6 Å². The molecule has 1 aliphatic carbocycles. The molecule has 0 radical (unpaired) electrons. The van der Waals surface area contributed by atoms with Crippen LogP contribution in [0.2, 0.25) is 5.02 Å². The molecule has 2 nitrogen and oxygen atoms in total. The van der Waals surface area contributed by atoms with E-state index < -0.39 is 0 Å². The summed E-state index contributed by atoms with van der Waals surface area (Å²) in [6.45, 7) is 3.56. The number of hydrogen-bond acceptors (Lipinski definition) is 2. The van der Waals surface area contributed by atoms with Gasteiger partial charge >= 0.3 is 0 Å². The number of rotatable bonds is 3. The van der Waals surface area contributed by atoms with Crippen LogP contribution in [0.4, 0.5) is 0 Å². The maximum atomic E-state index is 6.07. The molecule has 1 saturated carbocycles. The van der Waals surface area contributed by atoms with E-state index in [0.29, 0.717) is 24.0 Å². The van der Waals surface area contributed by atoms with E-state index in [-0.39, 0.29) is 0 Å². The van der Waals surface area contributed by atoms with E-state index >= 15 is 0 Å². The summed E-state index contributed by atoms with van der Waals surface area (Å²) in [4.78, 5) is 2.47. The molecule has 3 heteroatoms. The lowest BCUT2D eigenvalue weighted by Crippen LogP contribution is -2.51. The molecule has 0 spiro atoms. The quantitative estimate of drug-likeness (QED) is 0.915. The number of piperidine rings is 1. The first kappa shape index (κ1) is 14.4. The van der Waals surface area contributed by atoms with Gasteiger partial charge in [-0.2, -0.15) is 0 Å². The highest BCUT2D eigenvalue weighted by Crippen LogP contribution is 2.38. The maximum absolute atomic E-state index is 6.07. The average molecular weight is 293 g/mol. The van der Waals surface area contributed by atoms with Crippen LogP contribution < -0.4 is 5.32 Å². The Bertz CT molecular complexity index is 456. The highest BCUT2D eigenvalue weighted by molar-refractivity contribution is 6.30. The molecule has 0 bridgehead atoms. The fourth-order valence-corrected chi connectivity index (χ4v) is 3.76. The van der Waals surface area contributed by atoms with E-state index in [1.54, 1.807) is 0 Å². The minimum absolute atomic E-state index is 0.704. The molecule has 1 heterocycles. The lowest BCUT2D eigenvalue weighted by Gasteiger charge is -2.42. The van der Waals surface area contributed by atoms with Crippen LogP contribution >= 0.6 is 11.6 Å². The van der Waals surface area contributed by atoms with Crippen molar-refractivity contribution in [2.24, 2.45) is 0 Å². The summed E-state index contributed by atoms with van der Waals surface area (Å²) in [5.41, 5.74) is 1.41. The summed E-state index contributed by atoms with van der Waals surface area (Å²) in [6, 6.07) is 10.5. The summed E-state index contributed by atoms with van der Waals surface area (Å²) in [5.74, 6) is 0.704. The smallest absolute Gasteiger partial charge is 0.0408 e. The Morgan fingerprint density at radius 2 is 2.00 bits per heavy atom. The molecule has 1 aromatic rings. The van der Waals surface area contributed by atoms with Crippen LogP contribution in [-0.4, -0.2) is 36.6 Å². The zero-order chi connectivity index (χ0) is 14.1. The topological polar surface area (TPSA) is 15.3 Å². The monoisotopic (exact) mass is 292 g/mol. The minimum Gasteiger partial charge on any atom is -0.311 e. The molecule has 110 valence electrons. The van der Waals surface area contributed by atoms with E-state index in [2.05, 4.69) is 42.4 Å². The Morgan fingerprint density at radius 3 is 2.70 bits per heavy atom. The van der Waals surface area contributed by atoms with E-state index in [1.807, 2.05) is 6.07 Å². The van der Waals surface area contributed by atoms with Crippen molar-refractivity contribution in [2.75, 3.05) is 13.6 Å². The van der Waals surface area contributed by atoms with Gasteiger partial charge in [-0.15, -0.1) is 0 Å². The predicted molar refractivity (Wildman–Crippen MR) is 85.5 cm³/mol. The molecule has 1 aromatic carbocycles.